The molecule has 0 aromatic carbocycles. The summed E-state index contributed by atoms with van der Waals surface area (Å²) in [5.41, 5.74) is 1.29. The van der Waals surface area contributed by atoms with Gasteiger partial charge in [-0.15, -0.1) is 11.3 Å². The molecule has 1 aliphatic rings. The molecule has 0 saturated carbocycles. The Morgan fingerprint density at radius 3 is 2.95 bits per heavy atom. The molecular formula is C14H17NO3S2. The Morgan fingerprint density at radius 1 is 1.50 bits per heavy atom. The van der Waals surface area contributed by atoms with Crippen molar-refractivity contribution in [3.63, 3.8) is 0 Å². The zero-order valence-electron chi connectivity index (χ0n) is 11.0. The van der Waals surface area contributed by atoms with E-state index in [0.717, 1.165) is 24.1 Å². The van der Waals surface area contributed by atoms with E-state index in [1.54, 1.807) is 4.57 Å². The van der Waals surface area contributed by atoms with Crippen LogP contribution in [0.5, 0.6) is 5.88 Å². The summed E-state index contributed by atoms with van der Waals surface area (Å²) in [5.74, 6) is -0.671. The van der Waals surface area contributed by atoms with E-state index in [9.17, 15) is 9.90 Å². The summed E-state index contributed by atoms with van der Waals surface area (Å²) in [4.78, 5) is 11.3. The maximum Gasteiger partial charge on any atom is 0.303 e. The third-order valence-corrected chi connectivity index (χ3v) is 4.57. The molecule has 2 rings (SSSR count). The summed E-state index contributed by atoms with van der Waals surface area (Å²) in [5, 5.41) is 18.8. The molecule has 0 amide bonds. The van der Waals surface area contributed by atoms with Crippen LogP contribution in [0.3, 0.4) is 0 Å². The number of aromatic nitrogens is 1. The fourth-order valence-corrected chi connectivity index (χ4v) is 3.48. The van der Waals surface area contributed by atoms with E-state index >= 15 is 0 Å². The van der Waals surface area contributed by atoms with Gasteiger partial charge in [0.05, 0.1) is 4.88 Å². The van der Waals surface area contributed by atoms with Crippen LogP contribution in [-0.4, -0.2) is 20.7 Å². The third kappa shape index (κ3) is 3.80. The van der Waals surface area contributed by atoms with Crippen LogP contribution in [-0.2, 0) is 11.3 Å². The Balaban J connectivity index is 2.14. The molecule has 0 aliphatic heterocycles. The number of rotatable bonds is 5. The van der Waals surface area contributed by atoms with E-state index in [2.05, 4.69) is 12.2 Å². The second-order valence-corrected chi connectivity index (χ2v) is 6.40. The van der Waals surface area contributed by atoms with Crippen molar-refractivity contribution in [1.29, 1.82) is 0 Å². The summed E-state index contributed by atoms with van der Waals surface area (Å²) in [7, 11) is 0. The number of carbonyl (C=O) groups is 1. The number of hydrogen-bond acceptors (Lipinski definition) is 4. The van der Waals surface area contributed by atoms with Crippen molar-refractivity contribution in [2.24, 2.45) is 0 Å². The minimum absolute atomic E-state index is 0.0816. The predicted octanol–water partition coefficient (Wildman–Crippen LogP) is 3.97. The van der Waals surface area contributed by atoms with Gasteiger partial charge in [-0.2, -0.15) is 0 Å². The normalized spacial score (nSPS) is 16.7. The Kier molecular flexibility index (Phi) is 5.14. The van der Waals surface area contributed by atoms with Crippen LogP contribution >= 0.6 is 23.6 Å². The number of carboxylic acids is 1. The van der Waals surface area contributed by atoms with Crippen molar-refractivity contribution >= 4 is 35.6 Å². The topological polar surface area (TPSA) is 62.5 Å². The summed E-state index contributed by atoms with van der Waals surface area (Å²) in [6, 6.07) is 0. The fourth-order valence-electron chi connectivity index (χ4n) is 2.13. The zero-order chi connectivity index (χ0) is 14.5. The zero-order valence-corrected chi connectivity index (χ0v) is 12.7. The van der Waals surface area contributed by atoms with E-state index < -0.39 is 5.97 Å². The van der Waals surface area contributed by atoms with Gasteiger partial charge in [0.25, 0.3) is 0 Å². The number of hydrogen-bond donors (Lipinski definition) is 2. The summed E-state index contributed by atoms with van der Waals surface area (Å²) >= 11 is 6.61. The molecule has 108 valence electrons. The second-order valence-electron chi connectivity index (χ2n) is 4.72. The molecule has 0 atom stereocenters. The molecule has 0 saturated heterocycles. The minimum atomic E-state index is -0.831. The molecule has 1 aromatic rings. The van der Waals surface area contributed by atoms with Gasteiger partial charge in [0.1, 0.15) is 0 Å². The third-order valence-electron chi connectivity index (χ3n) is 3.18. The highest BCUT2D eigenvalue weighted by atomic mass is 32.1. The van der Waals surface area contributed by atoms with Gasteiger partial charge in [0.15, 0.2) is 3.95 Å². The lowest BCUT2D eigenvalue weighted by Crippen LogP contribution is -2.01. The van der Waals surface area contributed by atoms with E-state index in [4.69, 9.17) is 17.3 Å². The van der Waals surface area contributed by atoms with E-state index in [0.29, 0.717) is 16.9 Å². The van der Waals surface area contributed by atoms with Crippen molar-refractivity contribution in [3.8, 4) is 5.88 Å². The molecule has 0 radical (unpaired) electrons. The number of aliphatic carboxylic acids is 1. The first kappa shape index (κ1) is 15.0. The van der Waals surface area contributed by atoms with Crippen LogP contribution in [0.2, 0.25) is 0 Å². The molecular weight excluding hydrogens is 294 g/mol. The Morgan fingerprint density at radius 2 is 2.30 bits per heavy atom. The van der Waals surface area contributed by atoms with Crippen molar-refractivity contribution < 1.29 is 15.0 Å². The van der Waals surface area contributed by atoms with E-state index in [-0.39, 0.29) is 12.3 Å². The van der Waals surface area contributed by atoms with Gasteiger partial charge in [-0.05, 0) is 44.0 Å². The van der Waals surface area contributed by atoms with Crippen LogP contribution in [0, 0.1) is 3.95 Å². The maximum atomic E-state index is 10.5. The van der Waals surface area contributed by atoms with Crippen molar-refractivity contribution in [3.05, 3.63) is 26.6 Å². The second kappa shape index (κ2) is 6.85. The molecule has 4 nitrogen and oxygen atoms in total. The van der Waals surface area contributed by atoms with E-state index in [1.807, 2.05) is 6.08 Å². The van der Waals surface area contributed by atoms with Crippen molar-refractivity contribution in [2.75, 3.05) is 0 Å². The summed E-state index contributed by atoms with van der Waals surface area (Å²) < 4.78 is 2.21. The molecule has 0 spiro atoms. The van der Waals surface area contributed by atoms with Gasteiger partial charge in [-0.3, -0.25) is 9.36 Å². The first-order valence-electron chi connectivity index (χ1n) is 6.56. The number of aromatic hydroxyl groups is 1. The minimum Gasteiger partial charge on any atom is -0.493 e. The predicted molar refractivity (Wildman–Crippen MR) is 82.6 cm³/mol. The SMILES string of the molecule is O=C(O)CCCn1c(O)c(C=C2CC=CCC2)sc1=S. The van der Waals surface area contributed by atoms with Gasteiger partial charge in [-0.25, -0.2) is 0 Å². The quantitative estimate of drug-likeness (QED) is 0.638. The van der Waals surface area contributed by atoms with Gasteiger partial charge < -0.3 is 10.2 Å². The molecule has 0 bridgehead atoms. The van der Waals surface area contributed by atoms with Crippen LogP contribution in [0.25, 0.3) is 6.08 Å². The smallest absolute Gasteiger partial charge is 0.303 e. The monoisotopic (exact) mass is 311 g/mol. The Labute approximate surface area is 126 Å². The molecule has 0 unspecified atom stereocenters. The van der Waals surface area contributed by atoms with Crippen molar-refractivity contribution in [1.82, 2.24) is 4.57 Å². The molecule has 1 aromatic heterocycles. The molecule has 2 N–H and O–H groups in total. The van der Waals surface area contributed by atoms with Gasteiger partial charge in [-0.1, -0.05) is 17.7 Å². The van der Waals surface area contributed by atoms with Crippen LogP contribution in [0.4, 0.5) is 0 Å². The van der Waals surface area contributed by atoms with Gasteiger partial charge in [0, 0.05) is 13.0 Å². The Hall–Kier alpha value is -1.40. The molecule has 1 heterocycles. The summed E-state index contributed by atoms with van der Waals surface area (Å²) in [6.45, 7) is 0.441. The summed E-state index contributed by atoms with van der Waals surface area (Å²) in [6.07, 6.45) is 9.82. The largest absolute Gasteiger partial charge is 0.493 e. The van der Waals surface area contributed by atoms with Gasteiger partial charge >= 0.3 is 5.97 Å². The first-order valence-corrected chi connectivity index (χ1v) is 7.79. The number of thiazole rings is 1. The fraction of sp³-hybridized carbons (Fsp3) is 0.429. The highest BCUT2D eigenvalue weighted by molar-refractivity contribution is 7.73. The number of nitrogens with zero attached hydrogens (tertiary/aromatic N) is 1. The first-order chi connectivity index (χ1) is 9.58. The molecule has 6 heteroatoms. The highest BCUT2D eigenvalue weighted by Gasteiger charge is 2.11. The molecule has 20 heavy (non-hydrogen) atoms. The van der Waals surface area contributed by atoms with Crippen LogP contribution in [0.15, 0.2) is 17.7 Å². The lowest BCUT2D eigenvalue weighted by molar-refractivity contribution is -0.137. The Bertz CT molecular complexity index is 610. The van der Waals surface area contributed by atoms with Crippen LogP contribution < -0.4 is 0 Å². The number of carboxylic acid groups (broad SMARTS) is 1. The lowest BCUT2D eigenvalue weighted by atomic mass is 10.0. The number of allylic oxidation sites excluding steroid dienone is 3. The average Bonchev–Trinajstić information content (AvgIpc) is 2.67. The lowest BCUT2D eigenvalue weighted by Gasteiger charge is -2.07. The van der Waals surface area contributed by atoms with Crippen molar-refractivity contribution in [2.45, 2.75) is 38.6 Å². The highest BCUT2D eigenvalue weighted by Crippen LogP contribution is 2.31. The maximum absolute atomic E-state index is 10.5. The average molecular weight is 311 g/mol. The van der Waals surface area contributed by atoms with Gasteiger partial charge in [0.2, 0.25) is 5.88 Å². The molecule has 1 aliphatic carbocycles. The van der Waals surface area contributed by atoms with E-state index in [1.165, 1.54) is 16.9 Å². The molecule has 0 fully saturated rings. The standard InChI is InChI=1S/C14H17NO3S2/c16-12(17)7-4-8-15-13(18)11(20-14(15)19)9-10-5-2-1-3-6-10/h1-2,9,18H,3-8H2,(H,16,17). The van der Waals surface area contributed by atoms with Crippen LogP contribution in [0.1, 0.15) is 37.0 Å².